The number of hydrogen-bond donors (Lipinski definition) is 1. The van der Waals surface area contributed by atoms with Crippen LogP contribution in [0.25, 0.3) is 32.8 Å². The van der Waals surface area contributed by atoms with E-state index in [1.54, 1.807) is 11.1 Å². The molecule has 1 aliphatic rings. The second-order valence-electron chi connectivity index (χ2n) is 9.02. The predicted octanol–water partition coefficient (Wildman–Crippen LogP) is 4.19. The summed E-state index contributed by atoms with van der Waals surface area (Å²) in [5, 5.41) is 14.0. The van der Waals surface area contributed by atoms with E-state index in [0.29, 0.717) is 31.6 Å². The first-order chi connectivity index (χ1) is 15.5. The highest BCUT2D eigenvalue weighted by atomic mass is 16.3. The Balaban J connectivity index is 1.57. The fraction of sp³-hybridized carbons (Fsp3) is 0.259. The van der Waals surface area contributed by atoms with Crippen LogP contribution < -0.4 is 0 Å². The maximum absolute atomic E-state index is 13.5. The molecule has 1 N–H and O–H groups in total. The van der Waals surface area contributed by atoms with E-state index in [0.717, 1.165) is 32.8 Å². The number of hydrogen-bond acceptors (Lipinski definition) is 4. The quantitative estimate of drug-likeness (QED) is 0.533. The number of carbonyl (C=O) groups excluding carboxylic acids is 1. The number of β-amino-alcohol motifs (C(OH)–C–C–N with tert-alkyl or cyclic N) is 1. The van der Waals surface area contributed by atoms with Gasteiger partial charge in [0.25, 0.3) is 5.91 Å². The molecule has 5 rings (SSSR count). The van der Waals surface area contributed by atoms with Gasteiger partial charge in [0, 0.05) is 30.2 Å². The lowest BCUT2D eigenvalue weighted by atomic mass is 9.93. The predicted molar refractivity (Wildman–Crippen MR) is 129 cm³/mol. The van der Waals surface area contributed by atoms with Crippen LogP contribution in [0.2, 0.25) is 0 Å². The van der Waals surface area contributed by atoms with Crippen LogP contribution in [0.15, 0.2) is 72.9 Å². The molecule has 1 fully saturated rings. The van der Waals surface area contributed by atoms with Gasteiger partial charge >= 0.3 is 0 Å². The van der Waals surface area contributed by atoms with Crippen LogP contribution in [0.3, 0.4) is 0 Å². The van der Waals surface area contributed by atoms with Gasteiger partial charge in [-0.2, -0.15) is 0 Å². The zero-order valence-corrected chi connectivity index (χ0v) is 18.5. The van der Waals surface area contributed by atoms with Crippen LogP contribution in [-0.4, -0.2) is 65.1 Å². The van der Waals surface area contributed by atoms with Crippen molar-refractivity contribution in [3.05, 3.63) is 78.5 Å². The van der Waals surface area contributed by atoms with E-state index in [4.69, 9.17) is 0 Å². The van der Waals surface area contributed by atoms with Gasteiger partial charge < -0.3 is 14.9 Å². The molecule has 0 saturated carbocycles. The summed E-state index contributed by atoms with van der Waals surface area (Å²) in [5.74, 6) is -0.0259. The summed E-state index contributed by atoms with van der Waals surface area (Å²) < 4.78 is 0. The number of fused-ring (bicyclic) bond motifs is 2. The largest absolute Gasteiger partial charge is 0.387 e. The molecule has 0 spiro atoms. The molecule has 5 nitrogen and oxygen atoms in total. The number of aliphatic hydroxyl groups is 1. The Morgan fingerprint density at radius 1 is 0.969 bits per heavy atom. The van der Waals surface area contributed by atoms with Crippen LogP contribution in [0.5, 0.6) is 0 Å². The molecule has 1 aliphatic heterocycles. The molecule has 4 aromatic rings. The number of pyridine rings is 1. The Bertz CT molecular complexity index is 1310. The molecule has 1 atom stereocenters. The van der Waals surface area contributed by atoms with Gasteiger partial charge in [-0.25, -0.2) is 0 Å². The Morgan fingerprint density at radius 3 is 2.47 bits per heavy atom. The van der Waals surface area contributed by atoms with Crippen LogP contribution in [0.4, 0.5) is 0 Å². The zero-order valence-electron chi connectivity index (χ0n) is 18.5. The average Bonchev–Trinajstić information content (AvgIpc) is 3.18. The fourth-order valence-corrected chi connectivity index (χ4v) is 4.99. The summed E-state index contributed by atoms with van der Waals surface area (Å²) in [5.41, 5.74) is 2.96. The van der Waals surface area contributed by atoms with E-state index in [1.165, 1.54) is 0 Å². The van der Waals surface area contributed by atoms with Crippen molar-refractivity contribution in [2.75, 3.05) is 33.7 Å². The Hall–Kier alpha value is -3.28. The highest BCUT2D eigenvalue weighted by molar-refractivity contribution is 6.12. The van der Waals surface area contributed by atoms with E-state index in [9.17, 15) is 9.90 Å². The molecule has 162 valence electrons. The summed E-state index contributed by atoms with van der Waals surface area (Å²) in [6.07, 6.45) is 2.40. The van der Waals surface area contributed by atoms with Crippen LogP contribution in [-0.2, 0) is 0 Å². The van der Waals surface area contributed by atoms with E-state index in [-0.39, 0.29) is 5.91 Å². The lowest BCUT2D eigenvalue weighted by molar-refractivity contribution is 0.0236. The van der Waals surface area contributed by atoms with Gasteiger partial charge in [-0.05, 0) is 60.6 Å². The normalized spacial score (nSPS) is 18.7. The van der Waals surface area contributed by atoms with Crippen molar-refractivity contribution in [3.63, 3.8) is 0 Å². The Kier molecular flexibility index (Phi) is 5.16. The van der Waals surface area contributed by atoms with Gasteiger partial charge in [-0.3, -0.25) is 9.78 Å². The molecule has 0 bridgehead atoms. The molecule has 5 heteroatoms. The maximum atomic E-state index is 13.5. The highest BCUT2D eigenvalue weighted by Gasteiger charge is 2.39. The van der Waals surface area contributed by atoms with E-state index < -0.39 is 5.60 Å². The second kappa shape index (κ2) is 8.01. The van der Waals surface area contributed by atoms with Gasteiger partial charge in [0.05, 0.1) is 17.7 Å². The SMILES string of the molecule is CN(C)CC1(O)CCN(C(=O)c2cccc3c(-c4cccc5ncccc45)cccc23)C1. The summed E-state index contributed by atoms with van der Waals surface area (Å²) in [7, 11) is 3.88. The minimum absolute atomic E-state index is 0.0259. The molecule has 1 aromatic heterocycles. The minimum atomic E-state index is -0.856. The highest BCUT2D eigenvalue weighted by Crippen LogP contribution is 2.35. The first-order valence-electron chi connectivity index (χ1n) is 11.0. The number of aromatic nitrogens is 1. The molecule has 0 radical (unpaired) electrons. The topological polar surface area (TPSA) is 56.7 Å². The second-order valence-corrected chi connectivity index (χ2v) is 9.02. The van der Waals surface area contributed by atoms with Crippen molar-refractivity contribution >= 4 is 27.6 Å². The lowest BCUT2D eigenvalue weighted by Gasteiger charge is -2.26. The summed E-state index contributed by atoms with van der Waals surface area (Å²) in [4.78, 5) is 21.7. The molecule has 1 saturated heterocycles. The van der Waals surface area contributed by atoms with Crippen molar-refractivity contribution in [2.24, 2.45) is 0 Å². The molecule has 32 heavy (non-hydrogen) atoms. The monoisotopic (exact) mass is 425 g/mol. The number of benzene rings is 3. The van der Waals surface area contributed by atoms with Crippen molar-refractivity contribution < 1.29 is 9.90 Å². The number of likely N-dealkylation sites (N-methyl/N-ethyl adjacent to an activating group) is 1. The molecule has 1 amide bonds. The fourth-order valence-electron chi connectivity index (χ4n) is 4.99. The third-order valence-electron chi connectivity index (χ3n) is 6.32. The maximum Gasteiger partial charge on any atom is 0.254 e. The summed E-state index contributed by atoms with van der Waals surface area (Å²) >= 11 is 0. The lowest BCUT2D eigenvalue weighted by Crippen LogP contribution is -2.43. The summed E-state index contributed by atoms with van der Waals surface area (Å²) in [6, 6.07) is 22.2. The standard InChI is InChI=1S/C27H27N3O2/c1-29(2)17-27(32)14-16-30(18-27)26(31)24-11-4-8-20-19(7-3-9-22(20)24)21-10-5-13-25-23(21)12-6-15-28-25/h3-13,15,32H,14,16-18H2,1-2H3. The van der Waals surface area contributed by atoms with Crippen LogP contribution in [0.1, 0.15) is 16.8 Å². The van der Waals surface area contributed by atoms with Crippen LogP contribution in [0, 0.1) is 0 Å². The van der Waals surface area contributed by atoms with E-state index in [2.05, 4.69) is 29.2 Å². The molecular formula is C27H27N3O2. The number of likely N-dealkylation sites (tertiary alicyclic amines) is 1. The van der Waals surface area contributed by atoms with Crippen molar-refractivity contribution in [3.8, 4) is 11.1 Å². The number of amides is 1. The molecule has 1 unspecified atom stereocenters. The van der Waals surface area contributed by atoms with Crippen molar-refractivity contribution in [1.29, 1.82) is 0 Å². The Morgan fingerprint density at radius 2 is 1.66 bits per heavy atom. The Labute approximate surface area is 187 Å². The van der Waals surface area contributed by atoms with Crippen molar-refractivity contribution in [1.82, 2.24) is 14.8 Å². The number of carbonyl (C=O) groups is 1. The average molecular weight is 426 g/mol. The van der Waals surface area contributed by atoms with E-state index >= 15 is 0 Å². The van der Waals surface area contributed by atoms with Crippen molar-refractivity contribution in [2.45, 2.75) is 12.0 Å². The van der Waals surface area contributed by atoms with Gasteiger partial charge in [-0.1, -0.05) is 48.5 Å². The van der Waals surface area contributed by atoms with Gasteiger partial charge in [0.2, 0.25) is 0 Å². The number of rotatable bonds is 4. The summed E-state index contributed by atoms with van der Waals surface area (Å²) in [6.45, 7) is 1.47. The zero-order chi connectivity index (χ0) is 22.3. The number of nitrogens with zero attached hydrogens (tertiary/aromatic N) is 3. The molecule has 0 aliphatic carbocycles. The molecule has 2 heterocycles. The van der Waals surface area contributed by atoms with Crippen LogP contribution >= 0.6 is 0 Å². The molecular weight excluding hydrogens is 398 g/mol. The first-order valence-corrected chi connectivity index (χ1v) is 11.0. The van der Waals surface area contributed by atoms with Gasteiger partial charge in [-0.15, -0.1) is 0 Å². The van der Waals surface area contributed by atoms with Gasteiger partial charge in [0.15, 0.2) is 0 Å². The third kappa shape index (κ3) is 3.64. The minimum Gasteiger partial charge on any atom is -0.387 e. The third-order valence-corrected chi connectivity index (χ3v) is 6.32. The first kappa shape index (κ1) is 20.6. The molecule has 3 aromatic carbocycles. The van der Waals surface area contributed by atoms with Gasteiger partial charge in [0.1, 0.15) is 0 Å². The van der Waals surface area contributed by atoms with E-state index in [1.807, 2.05) is 61.5 Å². The smallest absolute Gasteiger partial charge is 0.254 e.